The molecule has 3 N–H and O–H groups in total. The van der Waals surface area contributed by atoms with Crippen LogP contribution in [0.4, 0.5) is 10.2 Å². The highest BCUT2D eigenvalue weighted by molar-refractivity contribution is 7.85. The zero-order chi connectivity index (χ0) is 28.1. The molecule has 12 heteroatoms. The van der Waals surface area contributed by atoms with Gasteiger partial charge in [-0.05, 0) is 37.8 Å². The van der Waals surface area contributed by atoms with Crippen LogP contribution < -0.4 is 5.32 Å². The van der Waals surface area contributed by atoms with Gasteiger partial charge in [-0.15, -0.1) is 0 Å². The summed E-state index contributed by atoms with van der Waals surface area (Å²) in [6, 6.07) is 2.97. The lowest BCUT2D eigenvalue weighted by Crippen LogP contribution is -2.40. The summed E-state index contributed by atoms with van der Waals surface area (Å²) in [5, 5.41) is 29.3. The standard InChI is InChI=1S/C27H35FN4O6S/c1-15-6-5-7-19-18(15)8-9-22(38-16(2)28)27(19,3)21-13-24-29-11-10-23(32(24)31-21)30-20-12-17(25(33)26(20)34)14-37-39(4,35)36/h5,7-11,13,15-17,19-20,25-26,30,33-34H,6,12,14H2,1-4H3. The predicted octanol–water partition coefficient (Wildman–Crippen LogP) is 2.85. The quantitative estimate of drug-likeness (QED) is 0.328. The van der Waals surface area contributed by atoms with Crippen LogP contribution in [0.3, 0.4) is 0 Å². The van der Waals surface area contributed by atoms with Crippen LogP contribution in [0.25, 0.3) is 5.65 Å². The third kappa shape index (κ3) is 5.22. The number of allylic oxidation sites excluding steroid dienone is 6. The summed E-state index contributed by atoms with van der Waals surface area (Å²) < 4.78 is 49.1. The Balaban J connectivity index is 1.47. The number of aliphatic hydroxyl groups is 2. The molecule has 8 unspecified atom stereocenters. The molecule has 3 aliphatic carbocycles. The number of nitrogens with one attached hydrogen (secondary N) is 1. The lowest BCUT2D eigenvalue weighted by molar-refractivity contribution is -0.00163. The summed E-state index contributed by atoms with van der Waals surface area (Å²) in [5.41, 5.74) is 1.62. The molecule has 0 saturated heterocycles. The fourth-order valence-electron chi connectivity index (χ4n) is 5.98. The first-order valence-electron chi connectivity index (χ1n) is 13.1. The highest BCUT2D eigenvalue weighted by Crippen LogP contribution is 2.50. The van der Waals surface area contributed by atoms with Crippen molar-refractivity contribution in [3.8, 4) is 0 Å². The molecule has 5 rings (SSSR count). The van der Waals surface area contributed by atoms with Gasteiger partial charge >= 0.3 is 0 Å². The number of hydrogen-bond donors (Lipinski definition) is 3. The molecule has 0 aromatic carbocycles. The lowest BCUT2D eigenvalue weighted by atomic mass is 9.62. The molecular formula is C27H35FN4O6S. The molecule has 2 aromatic heterocycles. The van der Waals surface area contributed by atoms with Crippen molar-refractivity contribution in [1.82, 2.24) is 14.6 Å². The van der Waals surface area contributed by atoms with Gasteiger partial charge in [-0.2, -0.15) is 18.0 Å². The summed E-state index contributed by atoms with van der Waals surface area (Å²) in [6.45, 7) is 5.29. The second-order valence-corrected chi connectivity index (χ2v) is 12.6. The van der Waals surface area contributed by atoms with E-state index in [-0.39, 0.29) is 18.9 Å². The Labute approximate surface area is 227 Å². The first-order chi connectivity index (χ1) is 18.4. The molecule has 10 nitrogen and oxygen atoms in total. The molecule has 0 amide bonds. The van der Waals surface area contributed by atoms with E-state index in [0.717, 1.165) is 12.7 Å². The van der Waals surface area contributed by atoms with E-state index in [1.54, 1.807) is 16.8 Å². The lowest BCUT2D eigenvalue weighted by Gasteiger charge is -2.43. The Hall–Kier alpha value is -2.80. The molecular weight excluding hydrogens is 527 g/mol. The fraction of sp³-hybridized carbons (Fsp3) is 0.556. The van der Waals surface area contributed by atoms with E-state index in [9.17, 15) is 23.0 Å². The summed E-state index contributed by atoms with van der Waals surface area (Å²) in [7, 11) is -3.68. The summed E-state index contributed by atoms with van der Waals surface area (Å²) >= 11 is 0. The molecule has 2 heterocycles. The van der Waals surface area contributed by atoms with Gasteiger partial charge in [-0.1, -0.05) is 30.7 Å². The molecule has 8 atom stereocenters. The van der Waals surface area contributed by atoms with Gasteiger partial charge in [0.2, 0.25) is 6.36 Å². The van der Waals surface area contributed by atoms with E-state index in [2.05, 4.69) is 29.4 Å². The summed E-state index contributed by atoms with van der Waals surface area (Å²) in [4.78, 5) is 4.47. The van der Waals surface area contributed by atoms with E-state index in [0.29, 0.717) is 28.8 Å². The largest absolute Gasteiger partial charge is 0.464 e. The molecule has 3 aliphatic rings. The van der Waals surface area contributed by atoms with E-state index < -0.39 is 46.1 Å². The number of anilines is 1. The molecule has 39 heavy (non-hydrogen) atoms. The maximum Gasteiger partial charge on any atom is 0.264 e. The number of halogens is 1. The summed E-state index contributed by atoms with van der Waals surface area (Å²) in [6.07, 6.45) is 8.09. The monoisotopic (exact) mass is 562 g/mol. The minimum Gasteiger partial charge on any atom is -0.464 e. The molecule has 0 bridgehead atoms. The van der Waals surface area contributed by atoms with Gasteiger partial charge in [-0.25, -0.2) is 9.37 Å². The third-order valence-electron chi connectivity index (χ3n) is 8.12. The van der Waals surface area contributed by atoms with Gasteiger partial charge in [0.05, 0.1) is 36.1 Å². The average molecular weight is 563 g/mol. The SMILES string of the molecule is CC(F)OC1=CC=C2C(C)CC=CC2C1(C)c1cc2nccc(NC3CC(COS(C)(=O)=O)C(O)C3O)n2n1. The van der Waals surface area contributed by atoms with E-state index in [1.165, 1.54) is 12.5 Å². The van der Waals surface area contributed by atoms with Gasteiger partial charge in [0.1, 0.15) is 17.7 Å². The van der Waals surface area contributed by atoms with Crippen molar-refractivity contribution in [1.29, 1.82) is 0 Å². The molecule has 0 spiro atoms. The van der Waals surface area contributed by atoms with Gasteiger partial charge < -0.3 is 20.3 Å². The number of rotatable bonds is 8. The molecule has 0 radical (unpaired) electrons. The predicted molar refractivity (Wildman–Crippen MR) is 143 cm³/mol. The second-order valence-electron chi connectivity index (χ2n) is 10.9. The van der Waals surface area contributed by atoms with E-state index in [1.807, 2.05) is 25.1 Å². The molecule has 212 valence electrons. The second kappa shape index (κ2) is 10.3. The zero-order valence-corrected chi connectivity index (χ0v) is 23.2. The maximum absolute atomic E-state index is 14.1. The number of hydrogen-bond acceptors (Lipinski definition) is 9. The Kier molecular flexibility index (Phi) is 7.34. The zero-order valence-electron chi connectivity index (χ0n) is 22.4. The van der Waals surface area contributed by atoms with Crippen molar-refractivity contribution in [2.75, 3.05) is 18.2 Å². The molecule has 1 fully saturated rings. The fourth-order valence-corrected chi connectivity index (χ4v) is 6.40. The number of aromatic nitrogens is 3. The Morgan fingerprint density at radius 2 is 2.08 bits per heavy atom. The van der Waals surface area contributed by atoms with Crippen molar-refractivity contribution in [3.63, 3.8) is 0 Å². The van der Waals surface area contributed by atoms with Crippen LogP contribution in [0.5, 0.6) is 0 Å². The molecule has 0 aliphatic heterocycles. The van der Waals surface area contributed by atoms with Crippen molar-refractivity contribution in [2.45, 2.75) is 63.6 Å². The van der Waals surface area contributed by atoms with Crippen LogP contribution in [-0.2, 0) is 24.5 Å². The van der Waals surface area contributed by atoms with Gasteiger partial charge in [0, 0.05) is 31.0 Å². The Morgan fingerprint density at radius 1 is 1.31 bits per heavy atom. The maximum atomic E-state index is 14.1. The normalized spacial score (nSPS) is 33.4. The van der Waals surface area contributed by atoms with Crippen molar-refractivity contribution >= 4 is 21.6 Å². The van der Waals surface area contributed by atoms with Crippen LogP contribution in [0, 0.1) is 17.8 Å². The van der Waals surface area contributed by atoms with Crippen LogP contribution >= 0.6 is 0 Å². The molecule has 2 aromatic rings. The number of ether oxygens (including phenoxy) is 1. The smallest absolute Gasteiger partial charge is 0.264 e. The first-order valence-corrected chi connectivity index (χ1v) is 14.9. The first kappa shape index (κ1) is 27.8. The third-order valence-corrected chi connectivity index (χ3v) is 8.68. The average Bonchev–Trinajstić information content (AvgIpc) is 3.42. The minimum atomic E-state index is -3.68. The van der Waals surface area contributed by atoms with Crippen LogP contribution in [0.1, 0.15) is 39.3 Å². The topological polar surface area (TPSA) is 135 Å². The van der Waals surface area contributed by atoms with Crippen molar-refractivity contribution < 1.29 is 31.9 Å². The van der Waals surface area contributed by atoms with Crippen LogP contribution in [0.15, 0.2) is 54.0 Å². The summed E-state index contributed by atoms with van der Waals surface area (Å²) in [5.74, 6) is 0.675. The van der Waals surface area contributed by atoms with Crippen LogP contribution in [-0.4, -0.2) is 70.7 Å². The highest BCUT2D eigenvalue weighted by Gasteiger charge is 2.48. The van der Waals surface area contributed by atoms with Crippen molar-refractivity contribution in [3.05, 3.63) is 59.7 Å². The van der Waals surface area contributed by atoms with E-state index >= 15 is 0 Å². The van der Waals surface area contributed by atoms with Gasteiger partial charge in [-0.3, -0.25) is 4.18 Å². The minimum absolute atomic E-state index is 0.0799. The number of fused-ring (bicyclic) bond motifs is 2. The highest BCUT2D eigenvalue weighted by atomic mass is 32.2. The number of nitrogens with zero attached hydrogens (tertiary/aromatic N) is 3. The van der Waals surface area contributed by atoms with Gasteiger partial charge in [0.15, 0.2) is 5.65 Å². The molecule has 1 saturated carbocycles. The van der Waals surface area contributed by atoms with Crippen LogP contribution in [0.2, 0.25) is 0 Å². The van der Waals surface area contributed by atoms with E-state index in [4.69, 9.17) is 14.0 Å². The number of alkyl halides is 1. The Bertz CT molecular complexity index is 1440. The Morgan fingerprint density at radius 3 is 2.79 bits per heavy atom. The number of aliphatic hydroxyl groups excluding tert-OH is 2. The van der Waals surface area contributed by atoms with Gasteiger partial charge in [0.25, 0.3) is 10.1 Å². The van der Waals surface area contributed by atoms with Crippen molar-refractivity contribution in [2.24, 2.45) is 17.8 Å².